The van der Waals surface area contributed by atoms with E-state index in [1.54, 1.807) is 18.2 Å². The van der Waals surface area contributed by atoms with E-state index in [0.717, 1.165) is 0 Å². The summed E-state index contributed by atoms with van der Waals surface area (Å²) in [6.07, 6.45) is 0. The van der Waals surface area contributed by atoms with Crippen LogP contribution in [0.5, 0.6) is 0 Å². The number of nitrogens with zero attached hydrogens (tertiary/aromatic N) is 1. The number of thiophene rings is 1. The normalized spacial score (nSPS) is 18.5. The van der Waals surface area contributed by atoms with Crippen LogP contribution in [0, 0.1) is 0 Å². The second kappa shape index (κ2) is 11.2. The van der Waals surface area contributed by atoms with Crippen molar-refractivity contribution in [2.45, 2.75) is 0 Å². The number of benzene rings is 8. The summed E-state index contributed by atoms with van der Waals surface area (Å²) in [5.41, 5.74) is -5.10. The summed E-state index contributed by atoms with van der Waals surface area (Å²) in [4.78, 5) is 0.653. The first-order valence-corrected chi connectivity index (χ1v) is 15.5. The molecule has 0 aliphatic heterocycles. The maximum atomic E-state index is 9.80. The topological polar surface area (TPSA) is 16.4 Å². The van der Waals surface area contributed by atoms with Crippen molar-refractivity contribution in [2.75, 3.05) is 4.90 Å². The van der Waals surface area contributed by atoms with Crippen molar-refractivity contribution in [3.05, 3.63) is 175 Å². The lowest BCUT2D eigenvalue weighted by atomic mass is 9.98. The lowest BCUT2D eigenvalue weighted by Gasteiger charge is -2.27. The molecule has 0 atom stereocenters. The van der Waals surface area contributed by atoms with Crippen LogP contribution in [0.3, 0.4) is 0 Å². The van der Waals surface area contributed by atoms with Gasteiger partial charge in [-0.2, -0.15) is 0 Å². The Hall–Kier alpha value is -6.16. The van der Waals surface area contributed by atoms with Crippen LogP contribution in [0.1, 0.15) is 32.9 Å². The summed E-state index contributed by atoms with van der Waals surface area (Å²) in [5, 5.41) is -2.48. The van der Waals surface area contributed by atoms with Crippen LogP contribution in [0.15, 0.2) is 180 Å². The maximum Gasteiger partial charge on any atom is 0.143 e. The van der Waals surface area contributed by atoms with Crippen LogP contribution in [-0.2, 0) is 0 Å². The Morgan fingerprint density at radius 2 is 1.29 bits per heavy atom. The van der Waals surface area contributed by atoms with Gasteiger partial charge in [0.25, 0.3) is 0 Å². The van der Waals surface area contributed by atoms with Crippen molar-refractivity contribution in [2.24, 2.45) is 0 Å². The minimum absolute atomic E-state index is 0.0978. The third-order valence-corrected chi connectivity index (χ3v) is 8.90. The fourth-order valence-corrected chi connectivity index (χ4v) is 6.71. The molecule has 0 bridgehead atoms. The van der Waals surface area contributed by atoms with Crippen LogP contribution in [0.2, 0.25) is 0 Å². The zero-order valence-electron chi connectivity index (χ0n) is 48.7. The molecule has 0 unspecified atom stereocenters. The lowest BCUT2D eigenvalue weighted by molar-refractivity contribution is 0.672. The van der Waals surface area contributed by atoms with E-state index in [2.05, 4.69) is 0 Å². The third kappa shape index (κ3) is 4.55. The average molecular weight is 668 g/mol. The zero-order chi connectivity index (χ0) is 53.2. The highest BCUT2D eigenvalue weighted by Crippen LogP contribution is 2.46. The summed E-state index contributed by atoms with van der Waals surface area (Å²) < 4.78 is 224. The number of anilines is 3. The Labute approximate surface area is 321 Å². The average Bonchev–Trinajstić information content (AvgIpc) is 3.96. The molecule has 49 heavy (non-hydrogen) atoms. The van der Waals surface area contributed by atoms with Crippen LogP contribution in [-0.4, -0.2) is 0 Å². The van der Waals surface area contributed by atoms with Gasteiger partial charge < -0.3 is 9.32 Å². The molecular formula is C46H29NOS. The van der Waals surface area contributed by atoms with Crippen molar-refractivity contribution in [3.8, 4) is 22.3 Å². The minimum atomic E-state index is -1.08. The summed E-state index contributed by atoms with van der Waals surface area (Å²) in [6, 6.07) is -11.8. The smallest absolute Gasteiger partial charge is 0.143 e. The standard InChI is InChI=1S/C46H29NOS/c1-2-11-30(12-3-1)33-14-8-15-35(29-33)47(40-19-10-20-41-45(40)39-28-25-31-13-4-5-16-37(31)46(39)48-41)34-26-23-32(24-27-34)36-18-9-22-43-44(36)38-17-6-7-21-42(38)49-43/h1-29H/i4D,5D,6D,7D,8D,9D,10D,13D,14D,15D,16D,17D,18D,19D,20D,21D,22D,23D,24D,25D,26D,27D,28D,29D. The molecule has 230 valence electrons. The second-order valence-electron chi connectivity index (χ2n) is 10.6. The molecule has 2 nitrogen and oxygen atoms in total. The van der Waals surface area contributed by atoms with E-state index < -0.39 is 206 Å². The van der Waals surface area contributed by atoms with Crippen molar-refractivity contribution in [1.82, 2.24) is 0 Å². The highest BCUT2D eigenvalue weighted by atomic mass is 32.1. The van der Waals surface area contributed by atoms with E-state index in [9.17, 15) is 11.0 Å². The van der Waals surface area contributed by atoms with Gasteiger partial charge >= 0.3 is 0 Å². The van der Waals surface area contributed by atoms with E-state index in [-0.39, 0.29) is 31.3 Å². The summed E-state index contributed by atoms with van der Waals surface area (Å²) >= 11 is 0.690. The predicted octanol–water partition coefficient (Wildman–Crippen LogP) is 13.9. The number of furan rings is 1. The Morgan fingerprint density at radius 3 is 2.18 bits per heavy atom. The van der Waals surface area contributed by atoms with Crippen LogP contribution in [0.25, 0.3) is 75.1 Å². The van der Waals surface area contributed by atoms with E-state index in [0.29, 0.717) is 16.2 Å². The molecule has 2 heterocycles. The van der Waals surface area contributed by atoms with Gasteiger partial charge in [-0.3, -0.25) is 0 Å². The van der Waals surface area contributed by atoms with E-state index in [1.807, 2.05) is 0 Å². The van der Waals surface area contributed by atoms with Gasteiger partial charge in [0.2, 0.25) is 0 Å². The first kappa shape index (κ1) is 13.0. The largest absolute Gasteiger partial charge is 0.455 e. The van der Waals surface area contributed by atoms with Crippen LogP contribution < -0.4 is 4.90 Å². The SMILES string of the molecule is [2H]c1c([2H])c(-c2ccccc2)c([2H])c(N(c2c([2H])c([2H])c(-c3c([2H])c([2H])c([2H])c4sc5c([2H])c([2H])c([2H])c([2H])c5c34)c([2H])c2[2H])c2c([2H])c([2H])c([2H])c3oc4c5c([2H])c([2H])c([2H])c([2H])c5c([2H])c([2H])c4c23)c1[2H]. The Kier molecular flexibility index (Phi) is 2.99. The Bertz CT molecular complexity index is 4180. The van der Waals surface area contributed by atoms with E-state index in [4.69, 9.17) is 26.3 Å². The molecule has 0 aliphatic carbocycles. The molecular weight excluding hydrogens is 615 g/mol. The molecule has 0 saturated heterocycles. The molecule has 8 aromatic carbocycles. The van der Waals surface area contributed by atoms with Gasteiger partial charge in [-0.25, -0.2) is 0 Å². The van der Waals surface area contributed by atoms with Gasteiger partial charge in [0.15, 0.2) is 0 Å². The molecule has 0 radical (unpaired) electrons. The summed E-state index contributed by atoms with van der Waals surface area (Å²) in [6.45, 7) is 0. The van der Waals surface area contributed by atoms with E-state index >= 15 is 0 Å². The Balaban J connectivity index is 1.44. The highest BCUT2D eigenvalue weighted by Gasteiger charge is 2.21. The van der Waals surface area contributed by atoms with Gasteiger partial charge in [0.1, 0.15) is 11.2 Å². The molecule has 0 N–H and O–H groups in total. The molecule has 0 amide bonds. The third-order valence-electron chi connectivity index (χ3n) is 7.88. The highest BCUT2D eigenvalue weighted by molar-refractivity contribution is 7.25. The number of fused-ring (bicyclic) bond motifs is 8. The second-order valence-corrected chi connectivity index (χ2v) is 11.7. The van der Waals surface area contributed by atoms with Gasteiger partial charge in [-0.05, 0) is 82.0 Å². The molecule has 10 rings (SSSR count). The van der Waals surface area contributed by atoms with Crippen molar-refractivity contribution < 1.29 is 37.3 Å². The molecule has 2 aromatic heterocycles. The van der Waals surface area contributed by atoms with Gasteiger partial charge in [0, 0.05) is 42.3 Å². The Morgan fingerprint density at radius 1 is 0.510 bits per heavy atom. The summed E-state index contributed by atoms with van der Waals surface area (Å²) in [5.74, 6) is 0. The molecule has 0 fully saturated rings. The van der Waals surface area contributed by atoms with Crippen molar-refractivity contribution in [3.63, 3.8) is 0 Å². The number of hydrogen-bond donors (Lipinski definition) is 0. The number of hydrogen-bond acceptors (Lipinski definition) is 3. The van der Waals surface area contributed by atoms with Gasteiger partial charge in [-0.1, -0.05) is 121 Å². The lowest BCUT2D eigenvalue weighted by Crippen LogP contribution is -2.10. The fraction of sp³-hybridized carbons (Fsp3) is 0. The van der Waals surface area contributed by atoms with Gasteiger partial charge in [-0.15, -0.1) is 11.3 Å². The first-order valence-electron chi connectivity index (χ1n) is 26.6. The van der Waals surface area contributed by atoms with Crippen LogP contribution >= 0.6 is 11.3 Å². The number of rotatable bonds is 5. The molecule has 0 spiro atoms. The monoisotopic (exact) mass is 667 g/mol. The molecule has 0 aliphatic rings. The van der Waals surface area contributed by atoms with E-state index in [1.165, 1.54) is 12.1 Å². The van der Waals surface area contributed by atoms with Crippen molar-refractivity contribution >= 4 is 81.3 Å². The van der Waals surface area contributed by atoms with Gasteiger partial charge in [0.05, 0.1) is 44.0 Å². The quantitative estimate of drug-likeness (QED) is 0.182. The first-order chi connectivity index (χ1) is 34.3. The van der Waals surface area contributed by atoms with Crippen molar-refractivity contribution in [1.29, 1.82) is 0 Å². The van der Waals surface area contributed by atoms with Crippen LogP contribution in [0.4, 0.5) is 17.1 Å². The molecule has 10 aromatic rings. The fourth-order valence-electron chi connectivity index (χ4n) is 5.74. The molecule has 0 saturated carbocycles. The summed E-state index contributed by atoms with van der Waals surface area (Å²) in [7, 11) is 0. The maximum absolute atomic E-state index is 9.80. The molecule has 3 heteroatoms. The zero-order valence-corrected chi connectivity index (χ0v) is 25.5. The minimum Gasteiger partial charge on any atom is -0.455 e. The predicted molar refractivity (Wildman–Crippen MR) is 210 cm³/mol.